The molecular weight excluding hydrogens is 359 g/mol. The molecule has 0 saturated carbocycles. The summed E-state index contributed by atoms with van der Waals surface area (Å²) < 4.78 is 24.3. The van der Waals surface area contributed by atoms with Crippen molar-refractivity contribution < 1.29 is 18.7 Å². The van der Waals surface area contributed by atoms with Crippen LogP contribution in [0, 0.1) is 5.82 Å². The number of rotatable bonds is 6. The summed E-state index contributed by atoms with van der Waals surface area (Å²) in [6, 6.07) is 7.91. The summed E-state index contributed by atoms with van der Waals surface area (Å²) in [5, 5.41) is 0. The van der Waals surface area contributed by atoms with Crippen molar-refractivity contribution in [2.24, 2.45) is 0 Å². The monoisotopic (exact) mass is 378 g/mol. The Balaban J connectivity index is 1.89. The minimum atomic E-state index is -0.275. The van der Waals surface area contributed by atoms with E-state index in [1.165, 1.54) is 12.1 Å². The first kappa shape index (κ1) is 18.6. The van der Waals surface area contributed by atoms with Gasteiger partial charge in [-0.25, -0.2) is 9.37 Å². The van der Waals surface area contributed by atoms with Gasteiger partial charge in [-0.2, -0.15) is 0 Å². The molecule has 0 fully saturated rings. The Hall–Kier alpha value is -2.18. The van der Waals surface area contributed by atoms with Crippen molar-refractivity contribution in [2.45, 2.75) is 19.4 Å². The second kappa shape index (κ2) is 8.47. The first-order valence-corrected chi connectivity index (χ1v) is 8.97. The summed E-state index contributed by atoms with van der Waals surface area (Å²) in [6.07, 6.45) is 2.27. The molecule has 1 unspecified atom stereocenters. The van der Waals surface area contributed by atoms with Crippen LogP contribution < -0.4 is 9.64 Å². The maximum absolute atomic E-state index is 13.1. The zero-order chi connectivity index (χ0) is 18.5. The summed E-state index contributed by atoms with van der Waals surface area (Å²) in [6.45, 7) is 3.11. The van der Waals surface area contributed by atoms with Gasteiger partial charge < -0.3 is 9.47 Å². The standard InChI is InChI=1S/C19H20ClFN2O3/c1-2-25-11-16-12-26-19-17(23(16)18(24)9-20)8-14(10-22-19)7-13-3-5-15(21)6-4-13/h3-6,8,10,16H,2,7,9,11-12H2,1H3. The van der Waals surface area contributed by atoms with E-state index in [2.05, 4.69) is 4.98 Å². The van der Waals surface area contributed by atoms with Crippen molar-refractivity contribution in [3.8, 4) is 5.88 Å². The molecule has 0 radical (unpaired) electrons. The average molecular weight is 379 g/mol. The van der Waals surface area contributed by atoms with E-state index < -0.39 is 0 Å². The van der Waals surface area contributed by atoms with Crippen LogP contribution in [-0.2, 0) is 16.0 Å². The molecule has 2 aromatic rings. The molecule has 0 saturated heterocycles. The largest absolute Gasteiger partial charge is 0.474 e. The number of pyridine rings is 1. The first-order valence-electron chi connectivity index (χ1n) is 8.44. The average Bonchev–Trinajstić information content (AvgIpc) is 2.67. The van der Waals surface area contributed by atoms with Crippen molar-refractivity contribution in [3.05, 3.63) is 53.5 Å². The maximum Gasteiger partial charge on any atom is 0.242 e. The Kier molecular flexibility index (Phi) is 6.06. The van der Waals surface area contributed by atoms with Crippen LogP contribution in [-0.4, -0.2) is 42.6 Å². The summed E-state index contributed by atoms with van der Waals surface area (Å²) in [5.41, 5.74) is 2.43. The molecule has 2 heterocycles. The van der Waals surface area contributed by atoms with Gasteiger partial charge >= 0.3 is 0 Å². The van der Waals surface area contributed by atoms with E-state index in [1.54, 1.807) is 23.2 Å². The van der Waals surface area contributed by atoms with Gasteiger partial charge in [-0.3, -0.25) is 9.69 Å². The minimum Gasteiger partial charge on any atom is -0.474 e. The molecule has 1 amide bonds. The summed E-state index contributed by atoms with van der Waals surface area (Å²) >= 11 is 5.81. The highest BCUT2D eigenvalue weighted by molar-refractivity contribution is 6.29. The van der Waals surface area contributed by atoms with E-state index >= 15 is 0 Å². The SMILES string of the molecule is CCOCC1COc2ncc(Cc3ccc(F)cc3)cc2N1C(=O)CCl. The summed E-state index contributed by atoms with van der Waals surface area (Å²) in [4.78, 5) is 18.4. The van der Waals surface area contributed by atoms with Gasteiger partial charge in [0.2, 0.25) is 11.8 Å². The lowest BCUT2D eigenvalue weighted by Gasteiger charge is -2.36. The number of halogens is 2. The zero-order valence-electron chi connectivity index (χ0n) is 14.5. The third kappa shape index (κ3) is 4.14. The van der Waals surface area contributed by atoms with Crippen LogP contribution in [0.3, 0.4) is 0 Å². The van der Waals surface area contributed by atoms with Crippen molar-refractivity contribution in [2.75, 3.05) is 30.6 Å². The third-order valence-corrected chi connectivity index (χ3v) is 4.37. The van der Waals surface area contributed by atoms with E-state index in [-0.39, 0.29) is 23.6 Å². The highest BCUT2D eigenvalue weighted by Gasteiger charge is 2.33. The molecule has 0 aliphatic carbocycles. The molecule has 138 valence electrons. The van der Waals surface area contributed by atoms with Crippen molar-refractivity contribution in [1.29, 1.82) is 0 Å². The van der Waals surface area contributed by atoms with Crippen molar-refractivity contribution in [1.82, 2.24) is 4.98 Å². The lowest BCUT2D eigenvalue weighted by molar-refractivity contribution is -0.117. The number of hydrogen-bond acceptors (Lipinski definition) is 4. The number of anilines is 1. The molecule has 0 spiro atoms. The Morgan fingerprint density at radius 3 is 2.85 bits per heavy atom. The second-order valence-electron chi connectivity index (χ2n) is 5.99. The molecule has 1 aromatic carbocycles. The van der Waals surface area contributed by atoms with Crippen LogP contribution in [0.2, 0.25) is 0 Å². The molecule has 26 heavy (non-hydrogen) atoms. The number of amides is 1. The predicted octanol–water partition coefficient (Wildman–Crippen LogP) is 3.18. The van der Waals surface area contributed by atoms with E-state index in [0.29, 0.717) is 37.8 Å². The molecule has 0 bridgehead atoms. The topological polar surface area (TPSA) is 51.7 Å². The lowest BCUT2D eigenvalue weighted by atomic mass is 10.1. The fourth-order valence-corrected chi connectivity index (χ4v) is 3.05. The quantitative estimate of drug-likeness (QED) is 0.724. The van der Waals surface area contributed by atoms with Gasteiger partial charge in [-0.05, 0) is 42.7 Å². The highest BCUT2D eigenvalue weighted by Crippen LogP contribution is 2.33. The minimum absolute atomic E-state index is 0.135. The van der Waals surface area contributed by atoms with Gasteiger partial charge in [0.1, 0.15) is 24.0 Å². The van der Waals surface area contributed by atoms with Crippen LogP contribution in [0.15, 0.2) is 36.5 Å². The van der Waals surface area contributed by atoms with Crippen LogP contribution in [0.25, 0.3) is 0 Å². The van der Waals surface area contributed by atoms with Crippen LogP contribution in [0.1, 0.15) is 18.1 Å². The van der Waals surface area contributed by atoms with Crippen molar-refractivity contribution >= 4 is 23.2 Å². The summed E-state index contributed by atoms with van der Waals surface area (Å²) in [7, 11) is 0. The smallest absolute Gasteiger partial charge is 0.242 e. The molecule has 1 aliphatic rings. The molecule has 3 rings (SSSR count). The van der Waals surface area contributed by atoms with E-state index in [9.17, 15) is 9.18 Å². The van der Waals surface area contributed by atoms with Gasteiger partial charge in [-0.1, -0.05) is 12.1 Å². The second-order valence-corrected chi connectivity index (χ2v) is 6.26. The predicted molar refractivity (Wildman–Crippen MR) is 97.4 cm³/mol. The maximum atomic E-state index is 13.1. The molecule has 1 aromatic heterocycles. The highest BCUT2D eigenvalue weighted by atomic mass is 35.5. The Morgan fingerprint density at radius 1 is 1.38 bits per heavy atom. The molecule has 1 aliphatic heterocycles. The number of nitrogens with zero attached hydrogens (tertiary/aromatic N) is 2. The molecule has 0 N–H and O–H groups in total. The third-order valence-electron chi connectivity index (χ3n) is 4.14. The number of carbonyl (C=O) groups excluding carboxylic acids is 1. The van der Waals surface area contributed by atoms with Gasteiger partial charge in [0.25, 0.3) is 0 Å². The molecule has 5 nitrogen and oxygen atoms in total. The summed E-state index contributed by atoms with van der Waals surface area (Å²) in [5.74, 6) is -0.228. The fraction of sp³-hybridized carbons (Fsp3) is 0.368. The molecular formula is C19H20ClFN2O3. The van der Waals surface area contributed by atoms with Crippen LogP contribution >= 0.6 is 11.6 Å². The number of fused-ring (bicyclic) bond motifs is 1. The number of alkyl halides is 1. The van der Waals surface area contributed by atoms with Gasteiger partial charge in [0.05, 0.1) is 12.6 Å². The van der Waals surface area contributed by atoms with E-state index in [0.717, 1.165) is 11.1 Å². The first-order chi connectivity index (χ1) is 12.6. The lowest BCUT2D eigenvalue weighted by Crippen LogP contribution is -2.50. The van der Waals surface area contributed by atoms with Crippen LogP contribution in [0.4, 0.5) is 10.1 Å². The normalized spacial score (nSPS) is 16.1. The van der Waals surface area contributed by atoms with Gasteiger partial charge in [0, 0.05) is 12.8 Å². The number of ether oxygens (including phenoxy) is 2. The number of carbonyl (C=O) groups is 1. The van der Waals surface area contributed by atoms with E-state index in [4.69, 9.17) is 21.1 Å². The fourth-order valence-electron chi connectivity index (χ4n) is 2.93. The number of hydrogen-bond donors (Lipinski definition) is 0. The molecule has 1 atom stereocenters. The van der Waals surface area contributed by atoms with Gasteiger partial charge in [-0.15, -0.1) is 11.6 Å². The van der Waals surface area contributed by atoms with Crippen LogP contribution in [0.5, 0.6) is 5.88 Å². The number of benzene rings is 1. The Bertz CT molecular complexity index is 770. The zero-order valence-corrected chi connectivity index (χ0v) is 15.2. The molecule has 7 heteroatoms. The number of aromatic nitrogens is 1. The Labute approximate surface area is 156 Å². The van der Waals surface area contributed by atoms with Gasteiger partial charge in [0.15, 0.2) is 0 Å². The van der Waals surface area contributed by atoms with E-state index in [1.807, 2.05) is 13.0 Å². The van der Waals surface area contributed by atoms with Crippen molar-refractivity contribution in [3.63, 3.8) is 0 Å². The Morgan fingerprint density at radius 2 is 2.15 bits per heavy atom.